The zero-order valence-corrected chi connectivity index (χ0v) is 10.0. The molecule has 0 atom stereocenters. The van der Waals surface area contributed by atoms with Gasteiger partial charge in [-0.3, -0.25) is 4.79 Å². The van der Waals surface area contributed by atoms with Gasteiger partial charge in [0.1, 0.15) is 0 Å². The van der Waals surface area contributed by atoms with Crippen molar-refractivity contribution in [1.82, 2.24) is 0 Å². The predicted molar refractivity (Wildman–Crippen MR) is 66.7 cm³/mol. The number of hydrogen-bond acceptors (Lipinski definition) is 2. The summed E-state index contributed by atoms with van der Waals surface area (Å²) in [4.78, 5) is 21.1. The van der Waals surface area contributed by atoms with Crippen molar-refractivity contribution in [3.8, 4) is 0 Å². The van der Waals surface area contributed by atoms with Crippen LogP contribution in [-0.2, 0) is 16.0 Å². The SMILES string of the molecule is CC(C)Cc1ccc(/C=C/C(=O)C(=O)O)cc1. The first-order valence-electron chi connectivity index (χ1n) is 5.53. The predicted octanol–water partition coefficient (Wildman–Crippen LogP) is 2.55. The average Bonchev–Trinajstić information content (AvgIpc) is 2.26. The van der Waals surface area contributed by atoms with Crippen LogP contribution in [0.25, 0.3) is 6.08 Å². The highest BCUT2D eigenvalue weighted by molar-refractivity contribution is 6.38. The number of carbonyl (C=O) groups is 2. The normalized spacial score (nSPS) is 11.0. The van der Waals surface area contributed by atoms with Gasteiger partial charge in [0.05, 0.1) is 0 Å². The molecule has 17 heavy (non-hydrogen) atoms. The second kappa shape index (κ2) is 5.99. The van der Waals surface area contributed by atoms with E-state index in [1.165, 1.54) is 11.6 Å². The Morgan fingerprint density at radius 3 is 2.29 bits per heavy atom. The van der Waals surface area contributed by atoms with Crippen LogP contribution in [0.5, 0.6) is 0 Å². The number of aliphatic carboxylic acids is 1. The quantitative estimate of drug-likeness (QED) is 0.627. The Balaban J connectivity index is 2.68. The van der Waals surface area contributed by atoms with Crippen LogP contribution in [-0.4, -0.2) is 16.9 Å². The Hall–Kier alpha value is -1.90. The molecule has 3 heteroatoms. The van der Waals surface area contributed by atoms with E-state index in [1.54, 1.807) is 0 Å². The van der Waals surface area contributed by atoms with Crippen molar-refractivity contribution in [1.29, 1.82) is 0 Å². The molecule has 0 spiro atoms. The molecule has 1 aromatic carbocycles. The lowest BCUT2D eigenvalue weighted by molar-refractivity contribution is -0.146. The van der Waals surface area contributed by atoms with E-state index < -0.39 is 11.8 Å². The molecular weight excluding hydrogens is 216 g/mol. The van der Waals surface area contributed by atoms with Crippen LogP contribution in [0, 0.1) is 5.92 Å². The van der Waals surface area contributed by atoms with Crippen molar-refractivity contribution >= 4 is 17.8 Å². The minimum atomic E-state index is -1.43. The van der Waals surface area contributed by atoms with Crippen LogP contribution in [0.2, 0.25) is 0 Å². The van der Waals surface area contributed by atoms with Crippen LogP contribution in [0.15, 0.2) is 30.3 Å². The first-order chi connectivity index (χ1) is 7.99. The van der Waals surface area contributed by atoms with Gasteiger partial charge in [0, 0.05) is 0 Å². The van der Waals surface area contributed by atoms with Crippen LogP contribution >= 0.6 is 0 Å². The minimum Gasteiger partial charge on any atom is -0.475 e. The third-order valence-electron chi connectivity index (χ3n) is 2.26. The van der Waals surface area contributed by atoms with E-state index in [0.717, 1.165) is 18.1 Å². The van der Waals surface area contributed by atoms with Gasteiger partial charge in [-0.15, -0.1) is 0 Å². The number of carboxylic acid groups (broad SMARTS) is 1. The van der Waals surface area contributed by atoms with Gasteiger partial charge >= 0.3 is 5.97 Å². The second-order valence-corrected chi connectivity index (χ2v) is 4.34. The molecule has 0 aromatic heterocycles. The molecule has 0 aliphatic heterocycles. The molecule has 1 aromatic rings. The number of carbonyl (C=O) groups excluding carboxylic acids is 1. The fraction of sp³-hybridized carbons (Fsp3) is 0.286. The van der Waals surface area contributed by atoms with Gasteiger partial charge in [0.2, 0.25) is 0 Å². The summed E-state index contributed by atoms with van der Waals surface area (Å²) in [7, 11) is 0. The number of carboxylic acids is 1. The molecular formula is C14H16O3. The van der Waals surface area contributed by atoms with Gasteiger partial charge in [-0.05, 0) is 29.5 Å². The van der Waals surface area contributed by atoms with Gasteiger partial charge < -0.3 is 5.11 Å². The smallest absolute Gasteiger partial charge is 0.376 e. The van der Waals surface area contributed by atoms with Gasteiger partial charge in [0.25, 0.3) is 5.78 Å². The minimum absolute atomic E-state index is 0.602. The van der Waals surface area contributed by atoms with E-state index in [-0.39, 0.29) is 0 Å². The molecule has 0 bridgehead atoms. The van der Waals surface area contributed by atoms with Crippen molar-refractivity contribution in [3.05, 3.63) is 41.5 Å². The van der Waals surface area contributed by atoms with E-state index >= 15 is 0 Å². The summed E-state index contributed by atoms with van der Waals surface area (Å²) in [6.07, 6.45) is 3.59. The average molecular weight is 232 g/mol. The van der Waals surface area contributed by atoms with Crippen molar-refractivity contribution in [2.45, 2.75) is 20.3 Å². The fourth-order valence-electron chi connectivity index (χ4n) is 1.48. The Kier molecular flexibility index (Phi) is 4.64. The van der Waals surface area contributed by atoms with Crippen molar-refractivity contribution in [2.75, 3.05) is 0 Å². The van der Waals surface area contributed by atoms with E-state index in [2.05, 4.69) is 13.8 Å². The van der Waals surface area contributed by atoms with Gasteiger partial charge in [-0.2, -0.15) is 0 Å². The summed E-state index contributed by atoms with van der Waals surface area (Å²) < 4.78 is 0. The van der Waals surface area contributed by atoms with E-state index in [1.807, 2.05) is 24.3 Å². The van der Waals surface area contributed by atoms with Crippen LogP contribution < -0.4 is 0 Å². The molecule has 1 N–H and O–H groups in total. The maximum Gasteiger partial charge on any atom is 0.376 e. The monoisotopic (exact) mass is 232 g/mol. The molecule has 0 radical (unpaired) electrons. The number of hydrogen-bond donors (Lipinski definition) is 1. The first-order valence-corrected chi connectivity index (χ1v) is 5.53. The van der Waals surface area contributed by atoms with Crippen LogP contribution in [0.3, 0.4) is 0 Å². The summed E-state index contributed by atoms with van der Waals surface area (Å²) in [5.41, 5.74) is 2.06. The zero-order chi connectivity index (χ0) is 12.8. The number of benzene rings is 1. The number of ketones is 1. The van der Waals surface area contributed by atoms with Crippen molar-refractivity contribution < 1.29 is 14.7 Å². The number of rotatable bonds is 5. The highest BCUT2D eigenvalue weighted by atomic mass is 16.4. The molecule has 0 amide bonds. The Bertz CT molecular complexity index is 427. The Labute approximate surface area is 101 Å². The van der Waals surface area contributed by atoms with E-state index in [0.29, 0.717) is 5.92 Å². The van der Waals surface area contributed by atoms with Gasteiger partial charge in [0.15, 0.2) is 0 Å². The summed E-state index contributed by atoms with van der Waals surface area (Å²) >= 11 is 0. The standard InChI is InChI=1S/C14H16O3/c1-10(2)9-12-5-3-11(4-6-12)7-8-13(15)14(16)17/h3-8,10H,9H2,1-2H3,(H,16,17)/b8-7+. The molecule has 0 aliphatic rings. The Morgan fingerprint density at radius 1 is 1.24 bits per heavy atom. The Morgan fingerprint density at radius 2 is 1.82 bits per heavy atom. The highest BCUT2D eigenvalue weighted by Gasteiger charge is 2.05. The van der Waals surface area contributed by atoms with Crippen LogP contribution in [0.4, 0.5) is 0 Å². The van der Waals surface area contributed by atoms with E-state index in [4.69, 9.17) is 5.11 Å². The van der Waals surface area contributed by atoms with Crippen molar-refractivity contribution in [3.63, 3.8) is 0 Å². The third kappa shape index (κ3) is 4.64. The molecule has 0 saturated carbocycles. The summed E-state index contributed by atoms with van der Waals surface area (Å²) in [5, 5.41) is 8.40. The lowest BCUT2D eigenvalue weighted by Crippen LogP contribution is -2.08. The van der Waals surface area contributed by atoms with Gasteiger partial charge in [-0.1, -0.05) is 44.2 Å². The molecule has 0 aliphatic carbocycles. The third-order valence-corrected chi connectivity index (χ3v) is 2.26. The highest BCUT2D eigenvalue weighted by Crippen LogP contribution is 2.10. The lowest BCUT2D eigenvalue weighted by Gasteiger charge is -2.04. The van der Waals surface area contributed by atoms with Crippen molar-refractivity contribution in [2.24, 2.45) is 5.92 Å². The zero-order valence-electron chi connectivity index (χ0n) is 10.0. The molecule has 90 valence electrons. The fourth-order valence-corrected chi connectivity index (χ4v) is 1.48. The van der Waals surface area contributed by atoms with Gasteiger partial charge in [-0.25, -0.2) is 4.79 Å². The molecule has 0 heterocycles. The molecule has 1 rings (SSSR count). The summed E-state index contributed by atoms with van der Waals surface area (Å²) in [6.45, 7) is 4.30. The molecule has 3 nitrogen and oxygen atoms in total. The maximum atomic E-state index is 10.8. The summed E-state index contributed by atoms with van der Waals surface area (Å²) in [6, 6.07) is 7.74. The molecule has 0 fully saturated rings. The molecule has 0 unspecified atom stereocenters. The van der Waals surface area contributed by atoms with E-state index in [9.17, 15) is 9.59 Å². The molecule has 0 saturated heterocycles. The largest absolute Gasteiger partial charge is 0.475 e. The summed E-state index contributed by atoms with van der Waals surface area (Å²) in [5.74, 6) is -1.74. The second-order valence-electron chi connectivity index (χ2n) is 4.34. The van der Waals surface area contributed by atoms with Crippen LogP contribution in [0.1, 0.15) is 25.0 Å². The first kappa shape index (κ1) is 13.2. The lowest BCUT2D eigenvalue weighted by atomic mass is 10.0. The maximum absolute atomic E-state index is 10.8. The topological polar surface area (TPSA) is 54.4 Å².